The first-order valence-corrected chi connectivity index (χ1v) is 8.52. The van der Waals surface area contributed by atoms with Crippen molar-refractivity contribution in [3.63, 3.8) is 0 Å². The lowest BCUT2D eigenvalue weighted by Gasteiger charge is -2.43. The van der Waals surface area contributed by atoms with Crippen LogP contribution in [0.25, 0.3) is 0 Å². The number of hydrogen-bond acceptors (Lipinski definition) is 3. The third kappa shape index (κ3) is 3.26. The Morgan fingerprint density at radius 2 is 1.64 bits per heavy atom. The molecule has 1 spiro atoms. The molecule has 0 bridgehead atoms. The standard InChI is InChI=1S/C16H27N3O.2ClH/c20-15(14-12-16(14)4-6-17-7-5-16)19-10-8-18(9-11-19)13-2-1-3-13;;/h13-14,17H,1-12H2;2*1H. The van der Waals surface area contributed by atoms with Gasteiger partial charge in [-0.3, -0.25) is 9.69 Å². The summed E-state index contributed by atoms with van der Waals surface area (Å²) in [5.41, 5.74) is 0.396. The van der Waals surface area contributed by atoms with E-state index in [2.05, 4.69) is 15.1 Å². The minimum atomic E-state index is 0. The van der Waals surface area contributed by atoms with E-state index in [-0.39, 0.29) is 24.8 Å². The molecule has 0 aromatic heterocycles. The maximum Gasteiger partial charge on any atom is 0.226 e. The van der Waals surface area contributed by atoms with Crippen LogP contribution in [0.5, 0.6) is 0 Å². The van der Waals surface area contributed by atoms with Crippen molar-refractivity contribution in [3.05, 3.63) is 0 Å². The SMILES string of the molecule is Cl.Cl.O=C(C1CC12CCNCC2)N1CCN(C2CCC2)CC1. The molecule has 6 heteroatoms. The van der Waals surface area contributed by atoms with Crippen molar-refractivity contribution in [2.24, 2.45) is 11.3 Å². The summed E-state index contributed by atoms with van der Waals surface area (Å²) in [7, 11) is 0. The summed E-state index contributed by atoms with van der Waals surface area (Å²) in [4.78, 5) is 17.5. The van der Waals surface area contributed by atoms with E-state index < -0.39 is 0 Å². The highest BCUT2D eigenvalue weighted by Crippen LogP contribution is 2.59. The van der Waals surface area contributed by atoms with Gasteiger partial charge in [0.25, 0.3) is 0 Å². The molecule has 4 rings (SSSR count). The second-order valence-corrected chi connectivity index (χ2v) is 7.32. The molecule has 1 unspecified atom stereocenters. The van der Waals surface area contributed by atoms with E-state index in [1.54, 1.807) is 0 Å². The maximum atomic E-state index is 12.7. The van der Waals surface area contributed by atoms with Crippen molar-refractivity contribution >= 4 is 30.7 Å². The first-order valence-electron chi connectivity index (χ1n) is 8.52. The van der Waals surface area contributed by atoms with Crippen LogP contribution >= 0.6 is 24.8 Å². The Labute approximate surface area is 146 Å². The summed E-state index contributed by atoms with van der Waals surface area (Å²) < 4.78 is 0. The van der Waals surface area contributed by atoms with Gasteiger partial charge in [0.05, 0.1) is 0 Å². The number of nitrogens with zero attached hydrogens (tertiary/aromatic N) is 2. The van der Waals surface area contributed by atoms with Crippen molar-refractivity contribution in [2.45, 2.75) is 44.6 Å². The van der Waals surface area contributed by atoms with Crippen molar-refractivity contribution in [1.29, 1.82) is 0 Å². The molecule has 1 N–H and O–H groups in total. The van der Waals surface area contributed by atoms with E-state index in [4.69, 9.17) is 0 Å². The van der Waals surface area contributed by atoms with Gasteiger partial charge in [-0.15, -0.1) is 24.8 Å². The molecule has 1 atom stereocenters. The minimum Gasteiger partial charge on any atom is -0.340 e. The fraction of sp³-hybridized carbons (Fsp3) is 0.938. The summed E-state index contributed by atoms with van der Waals surface area (Å²) in [6, 6.07) is 0.837. The van der Waals surface area contributed by atoms with Crippen LogP contribution < -0.4 is 5.32 Å². The molecule has 128 valence electrons. The lowest BCUT2D eigenvalue weighted by atomic mass is 9.90. The van der Waals surface area contributed by atoms with Crippen LogP contribution in [-0.2, 0) is 4.79 Å². The van der Waals surface area contributed by atoms with Gasteiger partial charge in [0.2, 0.25) is 5.91 Å². The van der Waals surface area contributed by atoms with E-state index in [1.165, 1.54) is 32.1 Å². The Kier molecular flexibility index (Phi) is 6.03. The molecule has 2 heterocycles. The number of hydrogen-bond donors (Lipinski definition) is 1. The number of carbonyl (C=O) groups is 1. The quantitative estimate of drug-likeness (QED) is 0.827. The van der Waals surface area contributed by atoms with E-state index in [1.807, 2.05) is 0 Å². The summed E-state index contributed by atoms with van der Waals surface area (Å²) in [6.07, 6.45) is 7.76. The molecule has 2 saturated heterocycles. The zero-order chi connectivity index (χ0) is 13.6. The molecule has 22 heavy (non-hydrogen) atoms. The second kappa shape index (κ2) is 7.25. The molecule has 2 aliphatic carbocycles. The minimum absolute atomic E-state index is 0. The Bertz CT molecular complexity index is 389. The molecular formula is C16H29Cl2N3O. The van der Waals surface area contributed by atoms with Gasteiger partial charge in [-0.2, -0.15) is 0 Å². The predicted octanol–water partition coefficient (Wildman–Crippen LogP) is 1.92. The molecule has 0 aromatic carbocycles. The van der Waals surface area contributed by atoms with Crippen LogP contribution in [0.1, 0.15) is 38.5 Å². The zero-order valence-electron chi connectivity index (χ0n) is 13.3. The van der Waals surface area contributed by atoms with Crippen molar-refractivity contribution in [3.8, 4) is 0 Å². The first kappa shape index (κ1) is 18.3. The third-order valence-corrected chi connectivity index (χ3v) is 6.30. The lowest BCUT2D eigenvalue weighted by molar-refractivity contribution is -0.136. The molecule has 4 nitrogen and oxygen atoms in total. The Hall–Kier alpha value is -0.0300. The van der Waals surface area contributed by atoms with E-state index in [9.17, 15) is 4.79 Å². The topological polar surface area (TPSA) is 35.6 Å². The molecule has 2 aliphatic heterocycles. The Morgan fingerprint density at radius 3 is 2.18 bits per heavy atom. The first-order chi connectivity index (χ1) is 9.78. The lowest BCUT2D eigenvalue weighted by Crippen LogP contribution is -2.54. The number of piperazine rings is 1. The molecule has 1 amide bonds. The number of halogens is 2. The van der Waals surface area contributed by atoms with E-state index in [0.29, 0.717) is 17.2 Å². The van der Waals surface area contributed by atoms with Crippen LogP contribution in [-0.4, -0.2) is 61.0 Å². The average molecular weight is 350 g/mol. The second-order valence-electron chi connectivity index (χ2n) is 7.32. The summed E-state index contributed by atoms with van der Waals surface area (Å²) in [5, 5.41) is 3.42. The Balaban J connectivity index is 0.000000882. The smallest absolute Gasteiger partial charge is 0.226 e. The number of piperidine rings is 1. The fourth-order valence-corrected chi connectivity index (χ4v) is 4.45. The number of nitrogens with one attached hydrogen (secondary N) is 1. The summed E-state index contributed by atoms with van der Waals surface area (Å²) in [6.45, 7) is 6.38. The highest BCUT2D eigenvalue weighted by molar-refractivity contribution is 5.85. The zero-order valence-corrected chi connectivity index (χ0v) is 14.9. The van der Waals surface area contributed by atoms with Gasteiger partial charge in [-0.05, 0) is 50.6 Å². The van der Waals surface area contributed by atoms with Gasteiger partial charge in [-0.1, -0.05) is 6.42 Å². The van der Waals surface area contributed by atoms with Gasteiger partial charge in [-0.25, -0.2) is 0 Å². The molecule has 4 fully saturated rings. The number of rotatable bonds is 2. The molecule has 0 aromatic rings. The molecule has 2 saturated carbocycles. The van der Waals surface area contributed by atoms with Crippen LogP contribution in [0.15, 0.2) is 0 Å². The van der Waals surface area contributed by atoms with Crippen molar-refractivity contribution < 1.29 is 4.79 Å². The molecular weight excluding hydrogens is 321 g/mol. The molecule has 4 aliphatic rings. The van der Waals surface area contributed by atoms with Gasteiger partial charge in [0.1, 0.15) is 0 Å². The Morgan fingerprint density at radius 1 is 1.00 bits per heavy atom. The van der Waals surface area contributed by atoms with Gasteiger partial charge in [0.15, 0.2) is 0 Å². The van der Waals surface area contributed by atoms with Crippen LogP contribution in [0.2, 0.25) is 0 Å². The summed E-state index contributed by atoms with van der Waals surface area (Å²) >= 11 is 0. The average Bonchev–Trinajstić information content (AvgIpc) is 3.11. The molecule has 0 radical (unpaired) electrons. The maximum absolute atomic E-state index is 12.7. The van der Waals surface area contributed by atoms with Gasteiger partial charge >= 0.3 is 0 Å². The summed E-state index contributed by atoms with van der Waals surface area (Å²) in [5.74, 6) is 0.833. The highest BCUT2D eigenvalue weighted by Gasteiger charge is 2.58. The largest absolute Gasteiger partial charge is 0.340 e. The van der Waals surface area contributed by atoms with Gasteiger partial charge in [0, 0.05) is 38.1 Å². The highest BCUT2D eigenvalue weighted by atomic mass is 35.5. The third-order valence-electron chi connectivity index (χ3n) is 6.30. The van der Waals surface area contributed by atoms with Crippen molar-refractivity contribution in [2.75, 3.05) is 39.3 Å². The van der Waals surface area contributed by atoms with Gasteiger partial charge < -0.3 is 10.2 Å². The monoisotopic (exact) mass is 349 g/mol. The number of carbonyl (C=O) groups excluding carboxylic acids is 1. The van der Waals surface area contributed by atoms with Crippen LogP contribution in [0.3, 0.4) is 0 Å². The van der Waals surface area contributed by atoms with E-state index in [0.717, 1.165) is 51.7 Å². The van der Waals surface area contributed by atoms with Crippen LogP contribution in [0, 0.1) is 11.3 Å². The van der Waals surface area contributed by atoms with Crippen LogP contribution in [0.4, 0.5) is 0 Å². The van der Waals surface area contributed by atoms with E-state index >= 15 is 0 Å². The fourth-order valence-electron chi connectivity index (χ4n) is 4.45. The number of amides is 1. The predicted molar refractivity (Wildman–Crippen MR) is 92.9 cm³/mol. The van der Waals surface area contributed by atoms with Crippen molar-refractivity contribution in [1.82, 2.24) is 15.1 Å². The normalized spacial score (nSPS) is 30.9.